The number of nitrogens with one attached hydrogen (secondary N) is 1. The number of esters is 1. The van der Waals surface area contributed by atoms with Crippen LogP contribution in [0.25, 0.3) is 0 Å². The largest absolute Gasteiger partial charge is 0.466 e. The second-order valence-electron chi connectivity index (χ2n) is 22.5. The van der Waals surface area contributed by atoms with Gasteiger partial charge >= 0.3 is 5.97 Å². The number of rotatable bonds is 61. The molecule has 0 aromatic carbocycles. The van der Waals surface area contributed by atoms with E-state index in [1.165, 1.54) is 270 Å². The van der Waals surface area contributed by atoms with Gasteiger partial charge in [0.05, 0.1) is 25.4 Å². The fourth-order valence-electron chi connectivity index (χ4n) is 10.3. The van der Waals surface area contributed by atoms with Crippen LogP contribution in [0.15, 0.2) is 24.3 Å². The van der Waals surface area contributed by atoms with Gasteiger partial charge in [0, 0.05) is 12.8 Å². The van der Waals surface area contributed by atoms with Gasteiger partial charge in [0.2, 0.25) is 5.91 Å². The fraction of sp³-hybridized carbons (Fsp3) is 0.909. The summed E-state index contributed by atoms with van der Waals surface area (Å²) >= 11 is 0. The maximum absolute atomic E-state index is 12.5. The maximum Gasteiger partial charge on any atom is 0.305 e. The highest BCUT2D eigenvalue weighted by Crippen LogP contribution is 2.18. The molecule has 0 spiro atoms. The van der Waals surface area contributed by atoms with E-state index >= 15 is 0 Å². The molecule has 0 aliphatic heterocycles. The Kier molecular flexibility index (Phi) is 60.5. The Hall–Kier alpha value is -1.66. The van der Waals surface area contributed by atoms with Gasteiger partial charge in [-0.2, -0.15) is 0 Å². The lowest BCUT2D eigenvalue weighted by molar-refractivity contribution is -0.143. The zero-order valence-electron chi connectivity index (χ0n) is 48.7. The SMILES string of the molecule is CCCCC/C=C\C/C=C\CCCCCCCCCC(=O)OCCCCCCCCCCCCCCCCC(=O)NC(CO)C(O)CCCCCCCCCCCCCCCCCCCCCCCCCC. The first-order valence-corrected chi connectivity index (χ1v) is 32.6. The molecular weight excluding hydrogens is 887 g/mol. The number of hydrogen-bond donors (Lipinski definition) is 3. The van der Waals surface area contributed by atoms with Crippen LogP contribution < -0.4 is 5.32 Å². The molecule has 2 unspecified atom stereocenters. The van der Waals surface area contributed by atoms with Crippen LogP contribution in [-0.2, 0) is 14.3 Å². The highest BCUT2D eigenvalue weighted by atomic mass is 16.5. The first-order chi connectivity index (χ1) is 35.5. The van der Waals surface area contributed by atoms with Crippen LogP contribution in [0.1, 0.15) is 361 Å². The molecule has 0 rings (SSSR count). The normalized spacial score (nSPS) is 12.7. The van der Waals surface area contributed by atoms with E-state index in [2.05, 4.69) is 43.5 Å². The minimum Gasteiger partial charge on any atom is -0.466 e. The summed E-state index contributed by atoms with van der Waals surface area (Å²) in [5.41, 5.74) is 0. The van der Waals surface area contributed by atoms with Crippen molar-refractivity contribution in [1.29, 1.82) is 0 Å². The summed E-state index contributed by atoms with van der Waals surface area (Å²) in [5, 5.41) is 23.4. The lowest BCUT2D eigenvalue weighted by atomic mass is 10.0. The predicted molar refractivity (Wildman–Crippen MR) is 315 cm³/mol. The molecule has 1 amide bonds. The first kappa shape index (κ1) is 70.3. The number of allylic oxidation sites excluding steroid dienone is 4. The second kappa shape index (κ2) is 61.9. The van der Waals surface area contributed by atoms with Crippen molar-refractivity contribution in [2.75, 3.05) is 13.2 Å². The predicted octanol–water partition coefficient (Wildman–Crippen LogP) is 20.6. The molecule has 0 aromatic rings. The Morgan fingerprint density at radius 3 is 1.08 bits per heavy atom. The third kappa shape index (κ3) is 57.6. The number of carbonyl (C=O) groups is 2. The fourth-order valence-corrected chi connectivity index (χ4v) is 10.3. The van der Waals surface area contributed by atoms with Crippen molar-refractivity contribution in [3.63, 3.8) is 0 Å². The van der Waals surface area contributed by atoms with Crippen molar-refractivity contribution in [2.45, 2.75) is 373 Å². The Morgan fingerprint density at radius 1 is 0.389 bits per heavy atom. The van der Waals surface area contributed by atoms with Crippen molar-refractivity contribution in [2.24, 2.45) is 0 Å². The highest BCUT2D eigenvalue weighted by molar-refractivity contribution is 5.76. The Balaban J connectivity index is 3.43. The quantitative estimate of drug-likeness (QED) is 0.0320. The summed E-state index contributed by atoms with van der Waals surface area (Å²) in [6.45, 7) is 4.93. The summed E-state index contributed by atoms with van der Waals surface area (Å²) < 4.78 is 5.48. The number of aliphatic hydroxyl groups excluding tert-OH is 2. The van der Waals surface area contributed by atoms with Crippen LogP contribution in [0.4, 0.5) is 0 Å². The van der Waals surface area contributed by atoms with Crippen LogP contribution in [0, 0.1) is 0 Å². The molecule has 0 heterocycles. The minimum atomic E-state index is -0.673. The molecule has 426 valence electrons. The van der Waals surface area contributed by atoms with Crippen molar-refractivity contribution in [3.8, 4) is 0 Å². The van der Waals surface area contributed by atoms with E-state index in [9.17, 15) is 19.8 Å². The summed E-state index contributed by atoms with van der Waals surface area (Å²) in [6, 6.07) is -0.551. The average molecular weight is 1010 g/mol. The monoisotopic (exact) mass is 1010 g/mol. The van der Waals surface area contributed by atoms with Crippen LogP contribution in [0.5, 0.6) is 0 Å². The van der Waals surface area contributed by atoms with Gasteiger partial charge in [0.15, 0.2) is 0 Å². The Bertz CT molecular complexity index is 1120. The van der Waals surface area contributed by atoms with Gasteiger partial charge in [0.1, 0.15) is 0 Å². The smallest absolute Gasteiger partial charge is 0.305 e. The molecule has 0 saturated carbocycles. The molecule has 0 bridgehead atoms. The second-order valence-corrected chi connectivity index (χ2v) is 22.5. The van der Waals surface area contributed by atoms with Gasteiger partial charge in [-0.1, -0.05) is 314 Å². The van der Waals surface area contributed by atoms with Gasteiger partial charge in [-0.05, 0) is 57.8 Å². The molecule has 0 aliphatic rings. The van der Waals surface area contributed by atoms with Gasteiger partial charge in [-0.3, -0.25) is 9.59 Å². The summed E-state index contributed by atoms with van der Waals surface area (Å²) in [7, 11) is 0. The molecule has 0 radical (unpaired) electrons. The van der Waals surface area contributed by atoms with Crippen LogP contribution in [0.2, 0.25) is 0 Å². The molecule has 3 N–H and O–H groups in total. The Morgan fingerprint density at radius 2 is 0.694 bits per heavy atom. The summed E-state index contributed by atoms with van der Waals surface area (Å²) in [4.78, 5) is 24.6. The zero-order valence-corrected chi connectivity index (χ0v) is 48.7. The van der Waals surface area contributed by atoms with Gasteiger partial charge < -0.3 is 20.3 Å². The van der Waals surface area contributed by atoms with Crippen LogP contribution in [-0.4, -0.2) is 47.4 Å². The van der Waals surface area contributed by atoms with Crippen molar-refractivity contribution in [3.05, 3.63) is 24.3 Å². The molecule has 6 nitrogen and oxygen atoms in total. The maximum atomic E-state index is 12.5. The van der Waals surface area contributed by atoms with Crippen LogP contribution >= 0.6 is 0 Å². The third-order valence-corrected chi connectivity index (χ3v) is 15.3. The van der Waals surface area contributed by atoms with E-state index < -0.39 is 12.1 Å². The number of unbranched alkanes of at least 4 members (excludes halogenated alkanes) is 46. The standard InChI is InChI=1S/C66H127NO5/c1-3-5-7-9-11-13-15-17-19-21-22-23-24-25-26-27-29-30-34-38-42-46-50-54-58-64(69)63(62-68)67-65(70)59-55-51-47-43-39-35-32-33-37-41-45-49-53-57-61-72-66(71)60-56-52-48-44-40-36-31-28-20-18-16-14-12-10-8-6-4-2/h12,14,18,20,63-64,68-69H,3-11,13,15-17,19,21-62H2,1-2H3,(H,67,70)/b14-12-,20-18-. The molecule has 0 aromatic heterocycles. The molecule has 2 atom stereocenters. The van der Waals surface area contributed by atoms with Crippen molar-refractivity contribution < 1.29 is 24.5 Å². The Labute approximate surface area is 450 Å². The van der Waals surface area contributed by atoms with E-state index in [-0.39, 0.29) is 18.5 Å². The molecule has 0 aliphatic carbocycles. The van der Waals surface area contributed by atoms with E-state index in [4.69, 9.17) is 4.74 Å². The van der Waals surface area contributed by atoms with Gasteiger partial charge in [-0.15, -0.1) is 0 Å². The first-order valence-electron chi connectivity index (χ1n) is 32.6. The average Bonchev–Trinajstić information content (AvgIpc) is 3.38. The molecule has 0 saturated heterocycles. The molecule has 72 heavy (non-hydrogen) atoms. The number of ether oxygens (including phenoxy) is 1. The van der Waals surface area contributed by atoms with E-state index in [1.807, 2.05) is 0 Å². The number of hydrogen-bond acceptors (Lipinski definition) is 5. The van der Waals surface area contributed by atoms with E-state index in [1.54, 1.807) is 0 Å². The molecule has 6 heteroatoms. The van der Waals surface area contributed by atoms with E-state index in [0.717, 1.165) is 57.8 Å². The van der Waals surface area contributed by atoms with Gasteiger partial charge in [0.25, 0.3) is 0 Å². The van der Waals surface area contributed by atoms with E-state index in [0.29, 0.717) is 25.9 Å². The topological polar surface area (TPSA) is 95.9 Å². The molecular formula is C66H127NO5. The number of amides is 1. The van der Waals surface area contributed by atoms with Gasteiger partial charge in [-0.25, -0.2) is 0 Å². The number of aliphatic hydroxyl groups is 2. The third-order valence-electron chi connectivity index (χ3n) is 15.3. The van der Waals surface area contributed by atoms with Crippen molar-refractivity contribution in [1.82, 2.24) is 5.32 Å². The summed E-state index contributed by atoms with van der Waals surface area (Å²) in [6.07, 6.45) is 76.2. The molecule has 0 fully saturated rings. The summed E-state index contributed by atoms with van der Waals surface area (Å²) in [5.74, 6) is -0.0505. The minimum absolute atomic E-state index is 0.00871. The lowest BCUT2D eigenvalue weighted by Gasteiger charge is -2.22. The lowest BCUT2D eigenvalue weighted by Crippen LogP contribution is -2.45. The van der Waals surface area contributed by atoms with Crippen LogP contribution in [0.3, 0.4) is 0 Å². The number of carbonyl (C=O) groups excluding carboxylic acids is 2. The zero-order chi connectivity index (χ0) is 52.2. The highest BCUT2D eigenvalue weighted by Gasteiger charge is 2.20. The van der Waals surface area contributed by atoms with Crippen molar-refractivity contribution >= 4 is 11.9 Å².